The Kier molecular flexibility index (Phi) is 4.76. The Labute approximate surface area is 111 Å². The van der Waals surface area contributed by atoms with E-state index in [1.54, 1.807) is 0 Å². The highest BCUT2D eigenvalue weighted by atomic mass is 15.0. The molecular weight excluding hydrogens is 220 g/mol. The number of hydrogen-bond acceptors (Lipinski definition) is 2. The second-order valence-electron chi connectivity index (χ2n) is 6.06. The summed E-state index contributed by atoms with van der Waals surface area (Å²) in [5.41, 5.74) is 1.16. The number of nitrogens with one attached hydrogen (secondary N) is 1. The molecule has 0 saturated heterocycles. The van der Waals surface area contributed by atoms with Crippen LogP contribution in [0.2, 0.25) is 0 Å². The molecule has 1 fully saturated rings. The third kappa shape index (κ3) is 4.09. The van der Waals surface area contributed by atoms with Crippen molar-refractivity contribution in [1.82, 2.24) is 10.3 Å². The average Bonchev–Trinajstić information content (AvgIpc) is 3.19. The molecule has 2 rings (SSSR count). The van der Waals surface area contributed by atoms with Crippen LogP contribution in [-0.2, 0) is 0 Å². The summed E-state index contributed by atoms with van der Waals surface area (Å²) in [7, 11) is 0. The predicted octanol–water partition coefficient (Wildman–Crippen LogP) is 3.95. The number of pyridine rings is 1. The average molecular weight is 246 g/mol. The zero-order valence-corrected chi connectivity index (χ0v) is 11.9. The Morgan fingerprint density at radius 2 is 2.00 bits per heavy atom. The molecule has 0 radical (unpaired) electrons. The van der Waals surface area contributed by atoms with E-state index in [0.717, 1.165) is 17.5 Å². The highest BCUT2D eigenvalue weighted by Crippen LogP contribution is 2.36. The van der Waals surface area contributed by atoms with Crippen LogP contribution in [0.25, 0.3) is 0 Å². The molecule has 1 aliphatic carbocycles. The van der Waals surface area contributed by atoms with Gasteiger partial charge in [0.25, 0.3) is 0 Å². The quantitative estimate of drug-likeness (QED) is 0.788. The number of nitrogens with zero attached hydrogens (tertiary/aromatic N) is 1. The summed E-state index contributed by atoms with van der Waals surface area (Å²) in [4.78, 5) is 4.44. The lowest BCUT2D eigenvalue weighted by Gasteiger charge is -2.23. The van der Waals surface area contributed by atoms with E-state index < -0.39 is 0 Å². The smallest absolute Gasteiger partial charge is 0.0570 e. The summed E-state index contributed by atoms with van der Waals surface area (Å²) in [5.74, 6) is 1.72. The van der Waals surface area contributed by atoms with Crippen LogP contribution in [0.3, 0.4) is 0 Å². The second-order valence-corrected chi connectivity index (χ2v) is 6.06. The number of rotatable bonds is 7. The molecule has 100 valence electrons. The van der Waals surface area contributed by atoms with Crippen molar-refractivity contribution >= 4 is 0 Å². The van der Waals surface area contributed by atoms with E-state index in [2.05, 4.69) is 43.2 Å². The van der Waals surface area contributed by atoms with Crippen molar-refractivity contribution in [3.8, 4) is 0 Å². The Hall–Kier alpha value is -0.890. The van der Waals surface area contributed by atoms with Gasteiger partial charge in [-0.15, -0.1) is 0 Å². The third-order valence-electron chi connectivity index (χ3n) is 3.84. The fourth-order valence-electron chi connectivity index (χ4n) is 2.51. The van der Waals surface area contributed by atoms with E-state index in [0.29, 0.717) is 12.1 Å². The Balaban J connectivity index is 1.88. The zero-order valence-electron chi connectivity index (χ0n) is 11.9. The van der Waals surface area contributed by atoms with Crippen LogP contribution in [-0.4, -0.2) is 11.0 Å². The highest BCUT2D eigenvalue weighted by molar-refractivity contribution is 5.08. The predicted molar refractivity (Wildman–Crippen MR) is 76.4 cm³/mol. The van der Waals surface area contributed by atoms with Gasteiger partial charge < -0.3 is 5.32 Å². The highest BCUT2D eigenvalue weighted by Gasteiger charge is 2.31. The molecule has 1 heterocycles. The van der Waals surface area contributed by atoms with Gasteiger partial charge in [-0.3, -0.25) is 4.98 Å². The van der Waals surface area contributed by atoms with Gasteiger partial charge in [-0.25, -0.2) is 0 Å². The SMILES string of the molecule is CC(C)CCC(N[C@H](C)c1ccccn1)C1CC1. The number of hydrogen-bond donors (Lipinski definition) is 1. The van der Waals surface area contributed by atoms with Gasteiger partial charge in [0.1, 0.15) is 0 Å². The van der Waals surface area contributed by atoms with Gasteiger partial charge in [0.05, 0.1) is 5.69 Å². The molecular formula is C16H26N2. The van der Waals surface area contributed by atoms with E-state index in [-0.39, 0.29) is 0 Å². The van der Waals surface area contributed by atoms with Gasteiger partial charge in [-0.2, -0.15) is 0 Å². The second kappa shape index (κ2) is 6.33. The first-order chi connectivity index (χ1) is 8.66. The molecule has 1 aliphatic rings. The Morgan fingerprint density at radius 1 is 1.22 bits per heavy atom. The monoisotopic (exact) mass is 246 g/mol. The first kappa shape index (κ1) is 13.5. The summed E-state index contributed by atoms with van der Waals surface area (Å²) in [5, 5.41) is 3.79. The topological polar surface area (TPSA) is 24.9 Å². The lowest BCUT2D eigenvalue weighted by molar-refractivity contribution is 0.362. The maximum absolute atomic E-state index is 4.44. The molecule has 1 saturated carbocycles. The molecule has 18 heavy (non-hydrogen) atoms. The molecule has 0 bridgehead atoms. The first-order valence-electron chi connectivity index (χ1n) is 7.33. The van der Waals surface area contributed by atoms with E-state index in [1.807, 2.05) is 12.3 Å². The molecule has 1 aromatic heterocycles. The first-order valence-corrected chi connectivity index (χ1v) is 7.33. The summed E-state index contributed by atoms with van der Waals surface area (Å²) in [6, 6.07) is 7.21. The molecule has 1 aromatic rings. The fraction of sp³-hybridized carbons (Fsp3) is 0.688. The Bertz CT molecular complexity index is 343. The van der Waals surface area contributed by atoms with E-state index in [1.165, 1.54) is 25.7 Å². The number of aromatic nitrogens is 1. The lowest BCUT2D eigenvalue weighted by Crippen LogP contribution is -2.34. The molecule has 2 nitrogen and oxygen atoms in total. The molecule has 0 amide bonds. The molecule has 2 heteroatoms. The summed E-state index contributed by atoms with van der Waals surface area (Å²) in [6.07, 6.45) is 7.33. The minimum Gasteiger partial charge on any atom is -0.306 e. The third-order valence-corrected chi connectivity index (χ3v) is 3.84. The van der Waals surface area contributed by atoms with Crippen molar-refractivity contribution in [1.29, 1.82) is 0 Å². The van der Waals surface area contributed by atoms with Crippen molar-refractivity contribution in [3.05, 3.63) is 30.1 Å². The molecule has 0 spiro atoms. The van der Waals surface area contributed by atoms with Gasteiger partial charge in [-0.05, 0) is 56.6 Å². The molecule has 1 N–H and O–H groups in total. The van der Waals surface area contributed by atoms with Crippen LogP contribution in [0.15, 0.2) is 24.4 Å². The molecule has 0 aromatic carbocycles. The molecule has 1 unspecified atom stereocenters. The largest absolute Gasteiger partial charge is 0.306 e. The standard InChI is InChI=1S/C16H26N2/c1-12(2)7-10-16(14-8-9-14)18-13(3)15-6-4-5-11-17-15/h4-6,11-14,16,18H,7-10H2,1-3H3/t13-,16?/m1/s1. The van der Waals surface area contributed by atoms with Crippen molar-refractivity contribution in [3.63, 3.8) is 0 Å². The zero-order chi connectivity index (χ0) is 13.0. The Morgan fingerprint density at radius 3 is 2.56 bits per heavy atom. The summed E-state index contributed by atoms with van der Waals surface area (Å²) >= 11 is 0. The van der Waals surface area contributed by atoms with Crippen molar-refractivity contribution < 1.29 is 0 Å². The minimum atomic E-state index is 0.365. The maximum atomic E-state index is 4.44. The van der Waals surface area contributed by atoms with Crippen molar-refractivity contribution in [2.45, 2.75) is 58.5 Å². The molecule has 2 atom stereocenters. The van der Waals surface area contributed by atoms with Crippen LogP contribution in [0.5, 0.6) is 0 Å². The van der Waals surface area contributed by atoms with Crippen molar-refractivity contribution in [2.75, 3.05) is 0 Å². The fourth-order valence-corrected chi connectivity index (χ4v) is 2.51. The van der Waals surface area contributed by atoms with Gasteiger partial charge in [-0.1, -0.05) is 19.9 Å². The van der Waals surface area contributed by atoms with Gasteiger partial charge >= 0.3 is 0 Å². The summed E-state index contributed by atoms with van der Waals surface area (Å²) in [6.45, 7) is 6.85. The van der Waals surface area contributed by atoms with Gasteiger partial charge in [0.15, 0.2) is 0 Å². The normalized spacial score (nSPS) is 18.9. The van der Waals surface area contributed by atoms with Gasteiger partial charge in [0.2, 0.25) is 0 Å². The van der Waals surface area contributed by atoms with Crippen LogP contribution in [0, 0.1) is 11.8 Å². The lowest BCUT2D eigenvalue weighted by atomic mass is 9.99. The van der Waals surface area contributed by atoms with Crippen LogP contribution >= 0.6 is 0 Å². The van der Waals surface area contributed by atoms with Crippen LogP contribution in [0.1, 0.15) is 58.2 Å². The van der Waals surface area contributed by atoms with Crippen LogP contribution < -0.4 is 5.32 Å². The van der Waals surface area contributed by atoms with Gasteiger partial charge in [0, 0.05) is 18.3 Å². The van der Waals surface area contributed by atoms with Crippen LogP contribution in [0.4, 0.5) is 0 Å². The molecule has 0 aliphatic heterocycles. The minimum absolute atomic E-state index is 0.365. The van der Waals surface area contributed by atoms with E-state index >= 15 is 0 Å². The van der Waals surface area contributed by atoms with E-state index in [4.69, 9.17) is 0 Å². The van der Waals surface area contributed by atoms with Crippen molar-refractivity contribution in [2.24, 2.45) is 11.8 Å². The summed E-state index contributed by atoms with van der Waals surface area (Å²) < 4.78 is 0. The van der Waals surface area contributed by atoms with E-state index in [9.17, 15) is 0 Å². The maximum Gasteiger partial charge on any atom is 0.0570 e.